The van der Waals surface area contributed by atoms with Crippen molar-refractivity contribution < 1.29 is 0 Å². The molecule has 0 aliphatic carbocycles. The molecule has 0 fully saturated rings. The molecule has 0 atom stereocenters. The van der Waals surface area contributed by atoms with E-state index in [1.807, 2.05) is 13.8 Å². The number of imidazole rings is 1. The smallest absolute Gasteiger partial charge is 0.279 e. The largest absolute Gasteiger partial charge is 0.295 e. The van der Waals surface area contributed by atoms with Gasteiger partial charge in [0.1, 0.15) is 11.6 Å². The highest BCUT2D eigenvalue weighted by molar-refractivity contribution is 6.16. The molecule has 0 radical (unpaired) electrons. The lowest BCUT2D eigenvalue weighted by atomic mass is 10.2. The van der Waals surface area contributed by atoms with Crippen LogP contribution in [0.15, 0.2) is 11.0 Å². The molecule has 2 rings (SSSR count). The van der Waals surface area contributed by atoms with E-state index in [0.717, 1.165) is 5.82 Å². The monoisotopic (exact) mass is 240 g/mol. The van der Waals surface area contributed by atoms with Crippen LogP contribution in [-0.2, 0) is 12.9 Å². The van der Waals surface area contributed by atoms with Crippen molar-refractivity contribution in [3.8, 4) is 0 Å². The van der Waals surface area contributed by atoms with Crippen molar-refractivity contribution in [1.82, 2.24) is 19.2 Å². The highest BCUT2D eigenvalue weighted by Gasteiger charge is 2.14. The minimum Gasteiger partial charge on any atom is -0.295 e. The van der Waals surface area contributed by atoms with E-state index in [1.54, 1.807) is 17.8 Å². The SMILES string of the molecule is CC(C)c1ncc2c(=O)n(C)c(CCl)nn12. The summed E-state index contributed by atoms with van der Waals surface area (Å²) in [6, 6.07) is 0. The molecular weight excluding hydrogens is 228 g/mol. The summed E-state index contributed by atoms with van der Waals surface area (Å²) in [6.07, 6.45) is 1.56. The summed E-state index contributed by atoms with van der Waals surface area (Å²) in [5.74, 6) is 1.74. The van der Waals surface area contributed by atoms with E-state index in [1.165, 1.54) is 4.57 Å². The molecule has 0 spiro atoms. The van der Waals surface area contributed by atoms with Crippen molar-refractivity contribution in [1.29, 1.82) is 0 Å². The molecule has 5 nitrogen and oxygen atoms in total. The second-order valence-electron chi connectivity index (χ2n) is 3.98. The van der Waals surface area contributed by atoms with Crippen LogP contribution in [0.25, 0.3) is 5.52 Å². The van der Waals surface area contributed by atoms with E-state index in [4.69, 9.17) is 11.6 Å². The van der Waals surface area contributed by atoms with Crippen LogP contribution >= 0.6 is 11.6 Å². The first kappa shape index (κ1) is 11.1. The fraction of sp³-hybridized carbons (Fsp3) is 0.500. The first-order chi connectivity index (χ1) is 7.56. The minimum absolute atomic E-state index is 0.120. The maximum Gasteiger partial charge on any atom is 0.279 e. The average Bonchev–Trinajstić information content (AvgIpc) is 2.67. The normalized spacial score (nSPS) is 11.6. The second-order valence-corrected chi connectivity index (χ2v) is 4.25. The van der Waals surface area contributed by atoms with E-state index in [9.17, 15) is 4.79 Å². The summed E-state index contributed by atoms with van der Waals surface area (Å²) >= 11 is 5.75. The second kappa shape index (κ2) is 3.90. The van der Waals surface area contributed by atoms with Gasteiger partial charge < -0.3 is 0 Å². The number of aromatic nitrogens is 4. The molecule has 0 aliphatic heterocycles. The lowest BCUT2D eigenvalue weighted by molar-refractivity contribution is 0.664. The Hall–Kier alpha value is -1.36. The molecule has 6 heteroatoms. The van der Waals surface area contributed by atoms with E-state index in [0.29, 0.717) is 11.3 Å². The van der Waals surface area contributed by atoms with Gasteiger partial charge in [0.25, 0.3) is 5.56 Å². The van der Waals surface area contributed by atoms with Gasteiger partial charge in [-0.1, -0.05) is 13.8 Å². The standard InChI is InChI=1S/C10H13ClN4O/c1-6(2)9-12-5-7-10(16)14(3)8(4-11)13-15(7)9/h5-6H,4H2,1-3H3. The van der Waals surface area contributed by atoms with Crippen LogP contribution in [0.5, 0.6) is 0 Å². The summed E-state index contributed by atoms with van der Waals surface area (Å²) in [6.45, 7) is 4.02. The molecule has 0 amide bonds. The van der Waals surface area contributed by atoms with E-state index >= 15 is 0 Å². The van der Waals surface area contributed by atoms with Crippen molar-refractivity contribution in [2.45, 2.75) is 25.6 Å². The zero-order valence-electron chi connectivity index (χ0n) is 9.44. The van der Waals surface area contributed by atoms with Crippen molar-refractivity contribution in [3.05, 3.63) is 28.2 Å². The molecule has 0 bridgehead atoms. The van der Waals surface area contributed by atoms with Gasteiger partial charge in [-0.3, -0.25) is 9.36 Å². The lowest BCUT2D eigenvalue weighted by Gasteiger charge is -2.07. The molecule has 86 valence electrons. The van der Waals surface area contributed by atoms with Gasteiger partial charge in [-0.05, 0) is 0 Å². The highest BCUT2D eigenvalue weighted by atomic mass is 35.5. The van der Waals surface area contributed by atoms with Crippen LogP contribution in [-0.4, -0.2) is 19.2 Å². The van der Waals surface area contributed by atoms with Crippen molar-refractivity contribution in [2.75, 3.05) is 0 Å². The number of fused-ring (bicyclic) bond motifs is 1. The number of rotatable bonds is 2. The average molecular weight is 241 g/mol. The summed E-state index contributed by atoms with van der Waals surface area (Å²) < 4.78 is 3.04. The van der Waals surface area contributed by atoms with Crippen LogP contribution in [0, 0.1) is 0 Å². The maximum atomic E-state index is 11.9. The van der Waals surface area contributed by atoms with Gasteiger partial charge in [-0.25, -0.2) is 9.50 Å². The zero-order chi connectivity index (χ0) is 11.9. The molecule has 0 aromatic carbocycles. The molecule has 0 N–H and O–H groups in total. The van der Waals surface area contributed by atoms with Crippen molar-refractivity contribution in [3.63, 3.8) is 0 Å². The number of hydrogen-bond acceptors (Lipinski definition) is 3. The minimum atomic E-state index is -0.120. The predicted molar refractivity (Wildman–Crippen MR) is 61.9 cm³/mol. The van der Waals surface area contributed by atoms with Gasteiger partial charge in [0.15, 0.2) is 5.52 Å². The molecule has 0 saturated carbocycles. The summed E-state index contributed by atoms with van der Waals surface area (Å²) in [5, 5.41) is 4.32. The van der Waals surface area contributed by atoms with Gasteiger partial charge in [-0.15, -0.1) is 11.6 Å². The molecule has 2 heterocycles. The molecule has 2 aromatic heterocycles. The van der Waals surface area contributed by atoms with Gasteiger partial charge in [0.2, 0.25) is 0 Å². The van der Waals surface area contributed by atoms with E-state index in [-0.39, 0.29) is 17.4 Å². The fourth-order valence-electron chi connectivity index (χ4n) is 1.59. The number of hydrogen-bond donors (Lipinski definition) is 0. The van der Waals surface area contributed by atoms with Crippen LogP contribution < -0.4 is 5.56 Å². The highest BCUT2D eigenvalue weighted by Crippen LogP contribution is 2.12. The van der Waals surface area contributed by atoms with Gasteiger partial charge in [-0.2, -0.15) is 5.10 Å². The maximum absolute atomic E-state index is 11.9. The molecule has 0 saturated heterocycles. The lowest BCUT2D eigenvalue weighted by Crippen LogP contribution is -2.25. The Labute approximate surface area is 97.7 Å². The third-order valence-electron chi connectivity index (χ3n) is 2.53. The van der Waals surface area contributed by atoms with Crippen LogP contribution in [0.3, 0.4) is 0 Å². The Bertz CT molecular complexity index is 584. The van der Waals surface area contributed by atoms with Crippen LogP contribution in [0.2, 0.25) is 0 Å². The van der Waals surface area contributed by atoms with Crippen LogP contribution in [0.4, 0.5) is 0 Å². The van der Waals surface area contributed by atoms with Gasteiger partial charge in [0.05, 0.1) is 12.1 Å². The van der Waals surface area contributed by atoms with E-state index in [2.05, 4.69) is 10.1 Å². The van der Waals surface area contributed by atoms with Crippen LogP contribution in [0.1, 0.15) is 31.4 Å². The Morgan fingerprint density at radius 1 is 1.50 bits per heavy atom. The van der Waals surface area contributed by atoms with Gasteiger partial charge in [0, 0.05) is 13.0 Å². The summed E-state index contributed by atoms with van der Waals surface area (Å²) in [7, 11) is 1.66. The Morgan fingerprint density at radius 2 is 2.19 bits per heavy atom. The summed E-state index contributed by atoms with van der Waals surface area (Å²) in [5.41, 5.74) is 0.366. The number of alkyl halides is 1. The Morgan fingerprint density at radius 3 is 2.75 bits per heavy atom. The Kier molecular flexibility index (Phi) is 2.71. The molecule has 0 aliphatic rings. The molecule has 16 heavy (non-hydrogen) atoms. The van der Waals surface area contributed by atoms with Crippen molar-refractivity contribution in [2.24, 2.45) is 7.05 Å². The summed E-state index contributed by atoms with van der Waals surface area (Å²) in [4.78, 5) is 16.2. The van der Waals surface area contributed by atoms with E-state index < -0.39 is 0 Å². The Balaban J connectivity index is 2.85. The topological polar surface area (TPSA) is 52.2 Å². The molecule has 0 unspecified atom stereocenters. The third kappa shape index (κ3) is 1.51. The number of nitrogens with zero attached hydrogens (tertiary/aromatic N) is 4. The third-order valence-corrected chi connectivity index (χ3v) is 2.77. The first-order valence-electron chi connectivity index (χ1n) is 5.05. The van der Waals surface area contributed by atoms with Gasteiger partial charge >= 0.3 is 0 Å². The first-order valence-corrected chi connectivity index (χ1v) is 5.59. The number of halogens is 1. The zero-order valence-corrected chi connectivity index (χ0v) is 10.2. The quantitative estimate of drug-likeness (QED) is 0.744. The molecular formula is C10H13ClN4O. The van der Waals surface area contributed by atoms with Crippen molar-refractivity contribution >= 4 is 17.1 Å². The fourth-order valence-corrected chi connectivity index (χ4v) is 1.83. The predicted octanol–water partition coefficient (Wildman–Crippen LogP) is 1.29. The molecule has 2 aromatic rings.